The summed E-state index contributed by atoms with van der Waals surface area (Å²) in [5, 5.41) is 3.64. The van der Waals surface area contributed by atoms with Crippen LogP contribution in [0.1, 0.15) is 0 Å². The van der Waals surface area contributed by atoms with Gasteiger partial charge < -0.3 is 16.4 Å². The Morgan fingerprint density at radius 1 is 1.83 bits per heavy atom. The van der Waals surface area contributed by atoms with Gasteiger partial charge in [-0.1, -0.05) is 23.2 Å². The third-order valence-electron chi connectivity index (χ3n) is 1.12. The van der Waals surface area contributed by atoms with E-state index >= 15 is 0 Å². The van der Waals surface area contributed by atoms with E-state index in [4.69, 9.17) is 28.9 Å². The van der Waals surface area contributed by atoms with E-state index in [1.165, 1.54) is 6.08 Å². The smallest absolute Gasteiger partial charge is 0.213 e. The highest BCUT2D eigenvalue weighted by Gasteiger charge is 2.27. The van der Waals surface area contributed by atoms with E-state index < -0.39 is 5.12 Å². The number of nitrogens with one attached hydrogen (secondary N) is 2. The Morgan fingerprint density at radius 3 is 3.00 bits per heavy atom. The highest BCUT2D eigenvalue weighted by Crippen LogP contribution is 2.18. The first kappa shape index (κ1) is 9.15. The van der Waals surface area contributed by atoms with Crippen molar-refractivity contribution in [2.75, 3.05) is 0 Å². The molecule has 1 rings (SSSR count). The minimum absolute atomic E-state index is 0.0480. The lowest BCUT2D eigenvalue weighted by atomic mass is 10.4. The van der Waals surface area contributed by atoms with Crippen molar-refractivity contribution in [2.24, 2.45) is 10.7 Å². The molecular weight excluding hydrogens is 203 g/mol. The van der Waals surface area contributed by atoms with Gasteiger partial charge in [0.05, 0.1) is 0 Å². The summed E-state index contributed by atoms with van der Waals surface area (Å²) < 4.78 is 0. The number of halogens is 2. The topological polar surface area (TPSA) is 79.5 Å². The molecule has 4 N–H and O–H groups in total. The zero-order valence-electron chi connectivity index (χ0n) is 5.84. The third kappa shape index (κ3) is 2.02. The minimum atomic E-state index is -1.27. The molecule has 1 atom stereocenters. The van der Waals surface area contributed by atoms with Gasteiger partial charge in [-0.2, -0.15) is 0 Å². The zero-order chi connectivity index (χ0) is 9.19. The first-order chi connectivity index (χ1) is 5.56. The predicted octanol–water partition coefficient (Wildman–Crippen LogP) is -0.377. The molecular formula is C5H6Cl2N4O. The molecule has 0 aromatic rings. The number of hydrogen-bond donors (Lipinski definition) is 3. The summed E-state index contributed by atoms with van der Waals surface area (Å²) in [7, 11) is 0. The van der Waals surface area contributed by atoms with Crippen LogP contribution in [0, 0.1) is 0 Å². The number of guanidine groups is 1. The summed E-state index contributed by atoms with van der Waals surface area (Å²) in [6.45, 7) is 0. The Bertz CT molecular complexity index is 264. The maximum absolute atomic E-state index is 10.1. The molecule has 0 fully saturated rings. The number of alkyl halides is 1. The molecule has 1 unspecified atom stereocenters. The lowest BCUT2D eigenvalue weighted by Crippen LogP contribution is -2.56. The number of nitrogens with zero attached hydrogens (tertiary/aromatic N) is 1. The van der Waals surface area contributed by atoms with E-state index in [2.05, 4.69) is 15.6 Å². The van der Waals surface area contributed by atoms with Crippen molar-refractivity contribution in [3.05, 3.63) is 11.2 Å². The van der Waals surface area contributed by atoms with Crippen molar-refractivity contribution >= 4 is 35.6 Å². The van der Waals surface area contributed by atoms with E-state index in [9.17, 15) is 4.79 Å². The van der Waals surface area contributed by atoms with Crippen LogP contribution in [0.4, 0.5) is 0 Å². The molecule has 0 aromatic heterocycles. The fourth-order valence-electron chi connectivity index (χ4n) is 0.725. The van der Waals surface area contributed by atoms with Crippen molar-refractivity contribution in [2.45, 2.75) is 5.12 Å². The molecule has 1 aliphatic rings. The SMILES string of the molecule is NC1=NC(Cl)=CC(Cl)(NC=O)N1. The highest BCUT2D eigenvalue weighted by atomic mass is 35.5. The van der Waals surface area contributed by atoms with Gasteiger partial charge in [-0.3, -0.25) is 4.79 Å². The van der Waals surface area contributed by atoms with Gasteiger partial charge in [-0.15, -0.1) is 0 Å². The van der Waals surface area contributed by atoms with E-state index in [0.29, 0.717) is 6.41 Å². The molecule has 0 aromatic carbocycles. The van der Waals surface area contributed by atoms with Gasteiger partial charge in [-0.05, 0) is 0 Å². The fraction of sp³-hybridized carbons (Fsp3) is 0.200. The standard InChI is InChI=1S/C5H6Cl2N4O/c6-3-1-5(7,9-2-12)11-4(8)10-3/h1-2H,(H,9,12)(H3,8,10,11). The minimum Gasteiger partial charge on any atom is -0.370 e. The van der Waals surface area contributed by atoms with Crippen LogP contribution in [-0.4, -0.2) is 17.5 Å². The van der Waals surface area contributed by atoms with Crippen LogP contribution in [0.2, 0.25) is 0 Å². The van der Waals surface area contributed by atoms with Gasteiger partial charge in [0, 0.05) is 6.08 Å². The van der Waals surface area contributed by atoms with E-state index in [1.54, 1.807) is 0 Å². The fourth-order valence-corrected chi connectivity index (χ4v) is 1.28. The Morgan fingerprint density at radius 2 is 2.50 bits per heavy atom. The Labute approximate surface area is 78.6 Å². The number of aliphatic imine (C=N–C) groups is 1. The van der Waals surface area contributed by atoms with Crippen molar-refractivity contribution in [3.8, 4) is 0 Å². The summed E-state index contributed by atoms with van der Waals surface area (Å²) >= 11 is 11.3. The number of amides is 1. The van der Waals surface area contributed by atoms with Crippen LogP contribution >= 0.6 is 23.2 Å². The molecule has 1 amide bonds. The molecule has 1 heterocycles. The van der Waals surface area contributed by atoms with Crippen LogP contribution in [0.5, 0.6) is 0 Å². The second kappa shape index (κ2) is 3.20. The van der Waals surface area contributed by atoms with Crippen LogP contribution in [0.3, 0.4) is 0 Å². The molecule has 0 bridgehead atoms. The van der Waals surface area contributed by atoms with Crippen LogP contribution in [-0.2, 0) is 4.79 Å². The van der Waals surface area contributed by atoms with Gasteiger partial charge in [0.25, 0.3) is 0 Å². The molecule has 0 saturated heterocycles. The van der Waals surface area contributed by atoms with Crippen molar-refractivity contribution in [3.63, 3.8) is 0 Å². The van der Waals surface area contributed by atoms with E-state index in [1.807, 2.05) is 0 Å². The third-order valence-corrected chi connectivity index (χ3v) is 1.63. The second-order valence-electron chi connectivity index (χ2n) is 2.06. The molecule has 5 nitrogen and oxygen atoms in total. The molecule has 0 spiro atoms. The molecule has 0 saturated carbocycles. The van der Waals surface area contributed by atoms with Gasteiger partial charge in [0.1, 0.15) is 5.16 Å². The summed E-state index contributed by atoms with van der Waals surface area (Å²) in [6.07, 6.45) is 1.75. The number of rotatable bonds is 2. The summed E-state index contributed by atoms with van der Waals surface area (Å²) in [5.74, 6) is 0.0480. The average Bonchev–Trinajstić information content (AvgIpc) is 1.82. The lowest BCUT2D eigenvalue weighted by molar-refractivity contribution is -0.110. The van der Waals surface area contributed by atoms with Crippen LogP contribution < -0.4 is 16.4 Å². The first-order valence-corrected chi connectivity index (χ1v) is 3.72. The van der Waals surface area contributed by atoms with E-state index in [0.717, 1.165) is 0 Å². The van der Waals surface area contributed by atoms with Crippen LogP contribution in [0.25, 0.3) is 0 Å². The first-order valence-electron chi connectivity index (χ1n) is 2.97. The van der Waals surface area contributed by atoms with Gasteiger partial charge in [-0.25, -0.2) is 4.99 Å². The maximum atomic E-state index is 10.1. The molecule has 66 valence electrons. The monoisotopic (exact) mass is 208 g/mol. The molecule has 0 radical (unpaired) electrons. The Hall–Kier alpha value is -0.940. The summed E-state index contributed by atoms with van der Waals surface area (Å²) in [6, 6.07) is 0. The number of carbonyl (C=O) groups is 1. The Balaban J connectivity index is 2.84. The summed E-state index contributed by atoms with van der Waals surface area (Å²) in [5.41, 5.74) is 5.30. The number of hydrogen-bond acceptors (Lipinski definition) is 4. The van der Waals surface area contributed by atoms with Gasteiger partial charge >= 0.3 is 0 Å². The van der Waals surface area contributed by atoms with Gasteiger partial charge in [0.2, 0.25) is 11.5 Å². The largest absolute Gasteiger partial charge is 0.370 e. The van der Waals surface area contributed by atoms with Crippen molar-refractivity contribution in [1.82, 2.24) is 10.6 Å². The molecule has 1 aliphatic heterocycles. The van der Waals surface area contributed by atoms with Crippen LogP contribution in [0.15, 0.2) is 16.2 Å². The lowest BCUT2D eigenvalue weighted by Gasteiger charge is -2.27. The normalized spacial score (nSPS) is 28.2. The highest BCUT2D eigenvalue weighted by molar-refractivity contribution is 6.33. The molecule has 7 heteroatoms. The van der Waals surface area contributed by atoms with Gasteiger partial charge in [0.15, 0.2) is 5.96 Å². The Kier molecular flexibility index (Phi) is 2.44. The average molecular weight is 209 g/mol. The maximum Gasteiger partial charge on any atom is 0.213 e. The molecule has 12 heavy (non-hydrogen) atoms. The number of carbonyl (C=O) groups excluding carboxylic acids is 1. The van der Waals surface area contributed by atoms with E-state index in [-0.39, 0.29) is 11.1 Å². The van der Waals surface area contributed by atoms with Crippen molar-refractivity contribution in [1.29, 1.82) is 0 Å². The predicted molar refractivity (Wildman–Crippen MR) is 46.5 cm³/mol. The van der Waals surface area contributed by atoms with Crippen molar-refractivity contribution < 1.29 is 4.79 Å². The second-order valence-corrected chi connectivity index (χ2v) is 3.05. The quantitative estimate of drug-likeness (QED) is 0.329. The summed E-state index contributed by atoms with van der Waals surface area (Å²) in [4.78, 5) is 13.7. The molecule has 0 aliphatic carbocycles. The number of nitrogens with two attached hydrogens (primary N) is 1. The zero-order valence-corrected chi connectivity index (χ0v) is 7.36.